The fraction of sp³-hybridized carbons (Fsp3) is 0.571. The zero-order valence-electron chi connectivity index (χ0n) is 11.2. The number of carbonyl (C=O) groups excluding carboxylic acids is 1. The second-order valence-electron chi connectivity index (χ2n) is 5.02. The van der Waals surface area contributed by atoms with Gasteiger partial charge in [0.25, 0.3) is 5.91 Å². The highest BCUT2D eigenvalue weighted by atomic mass is 79.9. The van der Waals surface area contributed by atoms with Crippen LogP contribution in [0.5, 0.6) is 0 Å². The predicted octanol–water partition coefficient (Wildman–Crippen LogP) is 2.58. The topological polar surface area (TPSA) is 59.2 Å². The highest BCUT2D eigenvalue weighted by molar-refractivity contribution is 9.10. The first kappa shape index (κ1) is 14.5. The van der Waals surface area contributed by atoms with Gasteiger partial charge in [0, 0.05) is 29.3 Å². The molecule has 4 nitrogen and oxygen atoms in total. The van der Waals surface area contributed by atoms with Gasteiger partial charge in [-0.25, -0.2) is 4.98 Å². The van der Waals surface area contributed by atoms with Gasteiger partial charge in [-0.2, -0.15) is 0 Å². The quantitative estimate of drug-likeness (QED) is 0.929. The highest BCUT2D eigenvalue weighted by Crippen LogP contribution is 2.23. The molecule has 0 saturated heterocycles. The Kier molecular flexibility index (Phi) is 4.93. The Morgan fingerprint density at radius 2 is 2.11 bits per heavy atom. The minimum absolute atomic E-state index is 0.0236. The Balaban J connectivity index is 2.08. The first-order chi connectivity index (χ1) is 9.11. The molecule has 1 fully saturated rings. The second-order valence-corrected chi connectivity index (χ2v) is 5.94. The van der Waals surface area contributed by atoms with Gasteiger partial charge in [0.2, 0.25) is 0 Å². The average Bonchev–Trinajstić information content (AvgIpc) is 2.42. The molecular formula is C14H20BrN3O. The van der Waals surface area contributed by atoms with E-state index in [1.54, 1.807) is 12.3 Å². The van der Waals surface area contributed by atoms with Crippen molar-refractivity contribution >= 4 is 21.8 Å². The summed E-state index contributed by atoms with van der Waals surface area (Å²) in [5, 5.41) is 0. The summed E-state index contributed by atoms with van der Waals surface area (Å²) in [5.41, 5.74) is 6.44. The van der Waals surface area contributed by atoms with Crippen LogP contribution < -0.4 is 5.73 Å². The molecule has 1 amide bonds. The summed E-state index contributed by atoms with van der Waals surface area (Å²) in [6, 6.07) is 4.23. The molecular weight excluding hydrogens is 306 g/mol. The minimum atomic E-state index is 0.0236. The lowest BCUT2D eigenvalue weighted by molar-refractivity contribution is 0.0634. The summed E-state index contributed by atoms with van der Waals surface area (Å²) >= 11 is 3.33. The number of aromatic nitrogens is 1. The van der Waals surface area contributed by atoms with Gasteiger partial charge in [-0.05, 0) is 60.7 Å². The Morgan fingerprint density at radius 3 is 2.63 bits per heavy atom. The lowest BCUT2D eigenvalue weighted by Gasteiger charge is -2.35. The maximum Gasteiger partial charge on any atom is 0.272 e. The molecule has 0 aromatic carbocycles. The number of amides is 1. The second kappa shape index (κ2) is 6.48. The van der Waals surface area contributed by atoms with Crippen LogP contribution in [0.25, 0.3) is 0 Å². The van der Waals surface area contributed by atoms with Crippen LogP contribution in [0.2, 0.25) is 0 Å². The third kappa shape index (κ3) is 3.54. The number of hydrogen-bond donors (Lipinski definition) is 1. The highest BCUT2D eigenvalue weighted by Gasteiger charge is 2.27. The van der Waals surface area contributed by atoms with Crippen LogP contribution in [0.15, 0.2) is 22.8 Å². The summed E-state index contributed by atoms with van der Waals surface area (Å²) in [6.45, 7) is 2.74. The van der Waals surface area contributed by atoms with Crippen LogP contribution >= 0.6 is 15.9 Å². The maximum atomic E-state index is 12.5. The molecule has 1 saturated carbocycles. The smallest absolute Gasteiger partial charge is 0.272 e. The Bertz CT molecular complexity index is 427. The van der Waals surface area contributed by atoms with Crippen molar-refractivity contribution in [1.82, 2.24) is 9.88 Å². The summed E-state index contributed by atoms with van der Waals surface area (Å²) in [5.74, 6) is 0.0236. The number of nitrogens with two attached hydrogens (primary N) is 1. The molecule has 0 atom stereocenters. The van der Waals surface area contributed by atoms with Crippen molar-refractivity contribution in [2.75, 3.05) is 6.54 Å². The van der Waals surface area contributed by atoms with E-state index in [1.807, 2.05) is 17.9 Å². The van der Waals surface area contributed by atoms with E-state index in [0.29, 0.717) is 17.8 Å². The molecule has 0 unspecified atom stereocenters. The van der Waals surface area contributed by atoms with Crippen LogP contribution in [-0.4, -0.2) is 34.4 Å². The number of hydrogen-bond acceptors (Lipinski definition) is 3. The van der Waals surface area contributed by atoms with E-state index in [0.717, 1.165) is 36.7 Å². The molecule has 0 spiro atoms. The monoisotopic (exact) mass is 325 g/mol. The van der Waals surface area contributed by atoms with Crippen molar-refractivity contribution in [1.29, 1.82) is 0 Å². The lowest BCUT2D eigenvalue weighted by atomic mass is 9.90. The van der Waals surface area contributed by atoms with Gasteiger partial charge in [0.05, 0.1) is 0 Å². The van der Waals surface area contributed by atoms with Crippen molar-refractivity contribution in [2.24, 2.45) is 5.73 Å². The first-order valence-corrected chi connectivity index (χ1v) is 7.59. The predicted molar refractivity (Wildman–Crippen MR) is 78.9 cm³/mol. The molecule has 2 N–H and O–H groups in total. The van der Waals surface area contributed by atoms with E-state index in [4.69, 9.17) is 5.73 Å². The van der Waals surface area contributed by atoms with E-state index < -0.39 is 0 Å². The SMILES string of the molecule is CCN(C(=O)c1ccc(Br)cn1)C1CCC(N)CC1. The molecule has 1 aliphatic rings. The van der Waals surface area contributed by atoms with E-state index in [2.05, 4.69) is 20.9 Å². The normalized spacial score (nSPS) is 23.1. The summed E-state index contributed by atoms with van der Waals surface area (Å²) in [4.78, 5) is 18.6. The maximum absolute atomic E-state index is 12.5. The molecule has 104 valence electrons. The summed E-state index contributed by atoms with van der Waals surface area (Å²) in [6.07, 6.45) is 5.66. The third-order valence-electron chi connectivity index (χ3n) is 3.73. The molecule has 0 radical (unpaired) electrons. The average molecular weight is 326 g/mol. The first-order valence-electron chi connectivity index (χ1n) is 6.80. The molecule has 0 aliphatic heterocycles. The van der Waals surface area contributed by atoms with Gasteiger partial charge < -0.3 is 10.6 Å². The van der Waals surface area contributed by atoms with Crippen molar-refractivity contribution in [3.63, 3.8) is 0 Å². The molecule has 1 aromatic rings. The molecule has 19 heavy (non-hydrogen) atoms. The molecule has 1 aromatic heterocycles. The van der Waals surface area contributed by atoms with Gasteiger partial charge in [-0.3, -0.25) is 4.79 Å². The van der Waals surface area contributed by atoms with E-state index >= 15 is 0 Å². The Labute approximate surface area is 122 Å². The van der Waals surface area contributed by atoms with E-state index in [-0.39, 0.29) is 5.91 Å². The number of rotatable bonds is 3. The van der Waals surface area contributed by atoms with Crippen molar-refractivity contribution in [3.05, 3.63) is 28.5 Å². The summed E-state index contributed by atoms with van der Waals surface area (Å²) in [7, 11) is 0. The van der Waals surface area contributed by atoms with Crippen LogP contribution in [0.3, 0.4) is 0 Å². The van der Waals surface area contributed by atoms with Crippen LogP contribution in [0, 0.1) is 0 Å². The van der Waals surface area contributed by atoms with Gasteiger partial charge in [-0.1, -0.05) is 0 Å². The van der Waals surface area contributed by atoms with E-state index in [9.17, 15) is 4.79 Å². The van der Waals surface area contributed by atoms with Gasteiger partial charge in [-0.15, -0.1) is 0 Å². The fourth-order valence-electron chi connectivity index (χ4n) is 2.63. The van der Waals surface area contributed by atoms with Crippen LogP contribution in [0.1, 0.15) is 43.1 Å². The van der Waals surface area contributed by atoms with Crippen LogP contribution in [0.4, 0.5) is 0 Å². The molecule has 1 aliphatic carbocycles. The zero-order chi connectivity index (χ0) is 13.8. The third-order valence-corrected chi connectivity index (χ3v) is 4.20. The molecule has 2 rings (SSSR count). The fourth-order valence-corrected chi connectivity index (χ4v) is 2.86. The van der Waals surface area contributed by atoms with Crippen molar-refractivity contribution in [3.8, 4) is 0 Å². The molecule has 5 heteroatoms. The van der Waals surface area contributed by atoms with Gasteiger partial charge in [0.15, 0.2) is 0 Å². The number of pyridine rings is 1. The van der Waals surface area contributed by atoms with Crippen molar-refractivity contribution in [2.45, 2.75) is 44.7 Å². The van der Waals surface area contributed by atoms with Gasteiger partial charge in [0.1, 0.15) is 5.69 Å². The van der Waals surface area contributed by atoms with Crippen molar-refractivity contribution < 1.29 is 4.79 Å². The molecule has 1 heterocycles. The largest absolute Gasteiger partial charge is 0.335 e. The lowest BCUT2D eigenvalue weighted by Crippen LogP contribution is -2.44. The Hall–Kier alpha value is -0.940. The zero-order valence-corrected chi connectivity index (χ0v) is 12.8. The minimum Gasteiger partial charge on any atom is -0.335 e. The Morgan fingerprint density at radius 1 is 1.42 bits per heavy atom. The van der Waals surface area contributed by atoms with Crippen LogP contribution in [-0.2, 0) is 0 Å². The number of halogens is 1. The summed E-state index contributed by atoms with van der Waals surface area (Å²) < 4.78 is 0.885. The number of carbonyl (C=O) groups is 1. The standard InChI is InChI=1S/C14H20BrN3O/c1-2-18(12-6-4-11(16)5-7-12)14(19)13-8-3-10(15)9-17-13/h3,8-9,11-12H,2,4-7,16H2,1H3. The number of nitrogens with zero attached hydrogens (tertiary/aromatic N) is 2. The molecule has 0 bridgehead atoms. The van der Waals surface area contributed by atoms with E-state index in [1.165, 1.54) is 0 Å². The van der Waals surface area contributed by atoms with Gasteiger partial charge >= 0.3 is 0 Å².